The highest BCUT2D eigenvalue weighted by atomic mass is 16.5. The minimum absolute atomic E-state index is 0.378. The van der Waals surface area contributed by atoms with Gasteiger partial charge in [-0.05, 0) is 59.0 Å². The molecule has 0 aliphatic rings. The molecule has 0 aliphatic heterocycles. The number of fused-ring (bicyclic) bond motifs is 1. The summed E-state index contributed by atoms with van der Waals surface area (Å²) in [5.74, 6) is 1.85. The summed E-state index contributed by atoms with van der Waals surface area (Å²) in [6, 6.07) is 14.7. The number of aromatic amines is 2. The van der Waals surface area contributed by atoms with E-state index in [1.807, 2.05) is 24.5 Å². The Morgan fingerprint density at radius 2 is 1.59 bits per heavy atom. The molecule has 27 heavy (non-hydrogen) atoms. The van der Waals surface area contributed by atoms with Crippen LogP contribution >= 0.6 is 0 Å². The molecule has 2 aromatic carbocycles. The molecule has 138 valence electrons. The van der Waals surface area contributed by atoms with E-state index < -0.39 is 0 Å². The summed E-state index contributed by atoms with van der Waals surface area (Å²) in [5, 5.41) is 1.26. The lowest BCUT2D eigenvalue weighted by atomic mass is 9.94. The van der Waals surface area contributed by atoms with Crippen LogP contribution in [0.5, 0.6) is 11.5 Å². The van der Waals surface area contributed by atoms with Gasteiger partial charge in [0, 0.05) is 28.9 Å². The first-order valence-electron chi connectivity index (χ1n) is 9.13. The Morgan fingerprint density at radius 1 is 0.815 bits per heavy atom. The highest BCUT2D eigenvalue weighted by Crippen LogP contribution is 2.40. The van der Waals surface area contributed by atoms with Gasteiger partial charge in [0.25, 0.3) is 0 Å². The first kappa shape index (κ1) is 17.3. The van der Waals surface area contributed by atoms with Crippen LogP contribution < -0.4 is 9.47 Å². The van der Waals surface area contributed by atoms with Gasteiger partial charge in [-0.25, -0.2) is 0 Å². The molecular weight excluding hydrogens is 336 g/mol. The summed E-state index contributed by atoms with van der Waals surface area (Å²) in [4.78, 5) is 6.75. The maximum absolute atomic E-state index is 5.50. The monoisotopic (exact) mass is 360 g/mol. The van der Waals surface area contributed by atoms with Gasteiger partial charge >= 0.3 is 0 Å². The number of benzene rings is 2. The zero-order valence-electron chi connectivity index (χ0n) is 16.1. The topological polar surface area (TPSA) is 50.0 Å². The number of ether oxygens (including phenoxy) is 2. The van der Waals surface area contributed by atoms with E-state index in [2.05, 4.69) is 54.1 Å². The van der Waals surface area contributed by atoms with E-state index in [0.29, 0.717) is 5.92 Å². The third kappa shape index (κ3) is 2.97. The van der Waals surface area contributed by atoms with E-state index in [0.717, 1.165) is 28.3 Å². The summed E-state index contributed by atoms with van der Waals surface area (Å²) in [7, 11) is 3.32. The van der Waals surface area contributed by atoms with Crippen molar-refractivity contribution in [1.29, 1.82) is 0 Å². The number of methoxy groups -OCH3 is 2. The lowest BCUT2D eigenvalue weighted by molar-refractivity contribution is 0.355. The number of hydrogen-bond donors (Lipinski definition) is 2. The van der Waals surface area contributed by atoms with Crippen LogP contribution in [0.25, 0.3) is 33.3 Å². The Kier molecular flexibility index (Phi) is 4.40. The van der Waals surface area contributed by atoms with E-state index in [4.69, 9.17) is 9.47 Å². The SMILES string of the molecule is COc1ccc(-c2[nH]c3ccc(-c4cc[nH]c4)cc3c2C(C)C)cc1OC. The van der Waals surface area contributed by atoms with Crippen molar-refractivity contribution in [2.45, 2.75) is 19.8 Å². The third-order valence-electron chi connectivity index (χ3n) is 5.02. The van der Waals surface area contributed by atoms with Crippen molar-refractivity contribution in [3.05, 3.63) is 60.4 Å². The lowest BCUT2D eigenvalue weighted by Crippen LogP contribution is -1.93. The molecule has 0 bridgehead atoms. The quantitative estimate of drug-likeness (QED) is 0.460. The molecule has 2 heterocycles. The van der Waals surface area contributed by atoms with Crippen molar-refractivity contribution < 1.29 is 9.47 Å². The van der Waals surface area contributed by atoms with Crippen molar-refractivity contribution in [1.82, 2.24) is 9.97 Å². The molecule has 0 radical (unpaired) electrons. The molecule has 4 heteroatoms. The second kappa shape index (κ2) is 6.88. The van der Waals surface area contributed by atoms with Crippen LogP contribution in [0.15, 0.2) is 54.9 Å². The minimum Gasteiger partial charge on any atom is -0.493 e. The second-order valence-electron chi connectivity index (χ2n) is 7.00. The number of aromatic nitrogens is 2. The van der Waals surface area contributed by atoms with Gasteiger partial charge in [-0.3, -0.25) is 0 Å². The Hall–Kier alpha value is -3.14. The number of nitrogens with one attached hydrogen (secondary N) is 2. The highest BCUT2D eigenvalue weighted by molar-refractivity contribution is 5.94. The van der Waals surface area contributed by atoms with E-state index in [9.17, 15) is 0 Å². The van der Waals surface area contributed by atoms with Crippen molar-refractivity contribution in [3.63, 3.8) is 0 Å². The van der Waals surface area contributed by atoms with Crippen LogP contribution in [0.2, 0.25) is 0 Å². The van der Waals surface area contributed by atoms with E-state index in [1.54, 1.807) is 14.2 Å². The number of H-pyrrole nitrogens is 2. The van der Waals surface area contributed by atoms with E-state index in [1.165, 1.54) is 22.1 Å². The van der Waals surface area contributed by atoms with Gasteiger partial charge in [0.1, 0.15) is 0 Å². The van der Waals surface area contributed by atoms with Crippen LogP contribution in [0.4, 0.5) is 0 Å². The second-order valence-corrected chi connectivity index (χ2v) is 7.00. The van der Waals surface area contributed by atoms with Crippen LogP contribution in [0, 0.1) is 0 Å². The van der Waals surface area contributed by atoms with Crippen LogP contribution in [0.3, 0.4) is 0 Å². The maximum Gasteiger partial charge on any atom is 0.161 e. The summed E-state index contributed by atoms with van der Waals surface area (Å²) in [5.41, 5.74) is 7.09. The largest absolute Gasteiger partial charge is 0.493 e. The van der Waals surface area contributed by atoms with Gasteiger partial charge in [0.05, 0.1) is 19.9 Å². The Morgan fingerprint density at radius 3 is 2.26 bits per heavy atom. The Labute approximate surface area is 159 Å². The average molecular weight is 360 g/mol. The van der Waals surface area contributed by atoms with Crippen molar-refractivity contribution in [3.8, 4) is 33.9 Å². The van der Waals surface area contributed by atoms with Crippen molar-refractivity contribution in [2.75, 3.05) is 14.2 Å². The van der Waals surface area contributed by atoms with Gasteiger partial charge in [-0.15, -0.1) is 0 Å². The van der Waals surface area contributed by atoms with Crippen molar-refractivity contribution >= 4 is 10.9 Å². The van der Waals surface area contributed by atoms with Crippen LogP contribution in [0.1, 0.15) is 25.3 Å². The third-order valence-corrected chi connectivity index (χ3v) is 5.02. The zero-order chi connectivity index (χ0) is 19.0. The molecule has 0 saturated carbocycles. The van der Waals surface area contributed by atoms with Gasteiger partial charge in [-0.2, -0.15) is 0 Å². The van der Waals surface area contributed by atoms with Gasteiger partial charge in [0.2, 0.25) is 0 Å². The lowest BCUT2D eigenvalue weighted by Gasteiger charge is -2.12. The fourth-order valence-electron chi connectivity index (χ4n) is 3.71. The fourth-order valence-corrected chi connectivity index (χ4v) is 3.71. The molecule has 0 spiro atoms. The highest BCUT2D eigenvalue weighted by Gasteiger charge is 2.18. The summed E-state index contributed by atoms with van der Waals surface area (Å²) >= 11 is 0. The molecule has 0 saturated heterocycles. The number of rotatable bonds is 5. The summed E-state index contributed by atoms with van der Waals surface area (Å²) < 4.78 is 10.9. The molecule has 4 rings (SSSR count). The molecule has 2 aromatic heterocycles. The van der Waals surface area contributed by atoms with Gasteiger partial charge < -0.3 is 19.4 Å². The Bertz CT molecular complexity index is 1080. The molecule has 0 fully saturated rings. The molecule has 2 N–H and O–H groups in total. The fraction of sp³-hybridized carbons (Fsp3) is 0.217. The molecule has 0 atom stereocenters. The Balaban J connectivity index is 1.92. The summed E-state index contributed by atoms with van der Waals surface area (Å²) in [6.45, 7) is 4.46. The smallest absolute Gasteiger partial charge is 0.161 e. The van der Waals surface area contributed by atoms with Gasteiger partial charge in [0.15, 0.2) is 11.5 Å². The van der Waals surface area contributed by atoms with Crippen molar-refractivity contribution in [2.24, 2.45) is 0 Å². The zero-order valence-corrected chi connectivity index (χ0v) is 16.1. The molecule has 0 aliphatic carbocycles. The van der Waals surface area contributed by atoms with E-state index in [-0.39, 0.29) is 0 Å². The molecule has 4 nitrogen and oxygen atoms in total. The van der Waals surface area contributed by atoms with Crippen LogP contribution in [-0.4, -0.2) is 24.2 Å². The molecule has 4 aromatic rings. The summed E-state index contributed by atoms with van der Waals surface area (Å²) in [6.07, 6.45) is 3.98. The molecule has 0 amide bonds. The average Bonchev–Trinajstić information content (AvgIpc) is 3.34. The first-order valence-corrected chi connectivity index (χ1v) is 9.13. The first-order chi connectivity index (χ1) is 13.1. The standard InChI is InChI=1S/C23H24N2O2/c1-14(2)22-18-11-15(17-9-10-24-13-17)5-7-19(18)25-23(22)16-6-8-20(26-3)21(12-16)27-4/h5-14,24-25H,1-4H3. The normalized spacial score (nSPS) is 11.3. The maximum atomic E-state index is 5.50. The predicted molar refractivity (Wildman–Crippen MR) is 111 cm³/mol. The minimum atomic E-state index is 0.378. The van der Waals surface area contributed by atoms with E-state index >= 15 is 0 Å². The number of hydrogen-bond acceptors (Lipinski definition) is 2. The van der Waals surface area contributed by atoms with Gasteiger partial charge in [-0.1, -0.05) is 19.9 Å². The van der Waals surface area contributed by atoms with Crippen LogP contribution in [-0.2, 0) is 0 Å². The molecule has 0 unspecified atom stereocenters. The predicted octanol–water partition coefficient (Wildman–Crippen LogP) is 5.97. The molecular formula is C23H24N2O2.